The van der Waals surface area contributed by atoms with Crippen LogP contribution in [0.4, 0.5) is 0 Å². The lowest BCUT2D eigenvalue weighted by atomic mass is 10.1. The number of fused-ring (bicyclic) bond motifs is 1. The van der Waals surface area contributed by atoms with E-state index in [4.69, 9.17) is 0 Å². The van der Waals surface area contributed by atoms with Crippen LogP contribution in [0.3, 0.4) is 0 Å². The Hall–Kier alpha value is -1.46. The summed E-state index contributed by atoms with van der Waals surface area (Å²) in [5.74, 6) is 0.0852. The number of pyridine rings is 1. The van der Waals surface area contributed by atoms with E-state index in [0.29, 0.717) is 0 Å². The number of nitrogens with one attached hydrogen (secondary N) is 1. The van der Waals surface area contributed by atoms with Crippen LogP contribution in [-0.4, -0.2) is 32.5 Å². The minimum Gasteiger partial charge on any atom is -0.312 e. The maximum Gasteiger partial charge on any atom is 0.149 e. The average Bonchev–Trinajstić information content (AvgIpc) is 2.34. The highest BCUT2D eigenvalue weighted by atomic mass is 32.2. The molecule has 1 heterocycles. The first kappa shape index (κ1) is 13.0. The number of benzene rings is 1. The molecule has 0 aliphatic heterocycles. The van der Waals surface area contributed by atoms with E-state index in [1.807, 2.05) is 30.3 Å². The molecule has 1 atom stereocenters. The fourth-order valence-corrected chi connectivity index (χ4v) is 2.91. The van der Waals surface area contributed by atoms with Gasteiger partial charge in [-0.15, -0.1) is 0 Å². The molecule has 2 aromatic rings. The highest BCUT2D eigenvalue weighted by Crippen LogP contribution is 2.19. The van der Waals surface area contributed by atoms with Crippen LogP contribution in [0.1, 0.15) is 11.6 Å². The van der Waals surface area contributed by atoms with Crippen molar-refractivity contribution < 1.29 is 8.42 Å². The largest absolute Gasteiger partial charge is 0.312 e. The molecule has 0 fully saturated rings. The maximum absolute atomic E-state index is 11.4. The number of rotatable bonds is 4. The van der Waals surface area contributed by atoms with E-state index in [1.54, 1.807) is 13.2 Å². The van der Waals surface area contributed by atoms with Crippen LogP contribution in [0.2, 0.25) is 0 Å². The van der Waals surface area contributed by atoms with Gasteiger partial charge in [-0.2, -0.15) is 0 Å². The zero-order valence-corrected chi connectivity index (χ0v) is 11.2. The lowest BCUT2D eigenvalue weighted by Gasteiger charge is -2.15. The summed E-state index contributed by atoms with van der Waals surface area (Å²) in [6.45, 7) is 0. The molecule has 2 rings (SSSR count). The summed E-state index contributed by atoms with van der Waals surface area (Å²) >= 11 is 0. The van der Waals surface area contributed by atoms with E-state index < -0.39 is 9.84 Å². The highest BCUT2D eigenvalue weighted by Gasteiger charge is 2.15. The fourth-order valence-electron chi connectivity index (χ4n) is 1.95. The molecule has 1 N–H and O–H groups in total. The van der Waals surface area contributed by atoms with Gasteiger partial charge in [-0.05, 0) is 24.7 Å². The summed E-state index contributed by atoms with van der Waals surface area (Å²) in [6.07, 6.45) is 2.98. The van der Waals surface area contributed by atoms with Gasteiger partial charge in [0.25, 0.3) is 0 Å². The van der Waals surface area contributed by atoms with Crippen molar-refractivity contribution >= 4 is 20.7 Å². The summed E-state index contributed by atoms with van der Waals surface area (Å²) in [4.78, 5) is 4.28. The smallest absolute Gasteiger partial charge is 0.149 e. The van der Waals surface area contributed by atoms with E-state index in [2.05, 4.69) is 10.3 Å². The van der Waals surface area contributed by atoms with Crippen molar-refractivity contribution in [2.75, 3.05) is 19.1 Å². The van der Waals surface area contributed by atoms with Gasteiger partial charge in [-0.25, -0.2) is 8.42 Å². The van der Waals surface area contributed by atoms with Gasteiger partial charge in [0.15, 0.2) is 0 Å². The summed E-state index contributed by atoms with van der Waals surface area (Å²) < 4.78 is 22.8. The first-order valence-electron chi connectivity index (χ1n) is 5.69. The third-order valence-corrected chi connectivity index (χ3v) is 3.79. The second-order valence-corrected chi connectivity index (χ2v) is 6.57. The molecule has 1 aromatic carbocycles. The Labute approximate surface area is 107 Å². The molecule has 0 saturated heterocycles. The highest BCUT2D eigenvalue weighted by molar-refractivity contribution is 7.90. The molecular weight excluding hydrogens is 248 g/mol. The molecule has 5 heteroatoms. The van der Waals surface area contributed by atoms with Gasteiger partial charge >= 0.3 is 0 Å². The van der Waals surface area contributed by atoms with E-state index in [9.17, 15) is 8.42 Å². The van der Waals surface area contributed by atoms with Crippen molar-refractivity contribution in [3.05, 3.63) is 42.1 Å². The Balaban J connectivity index is 2.39. The maximum atomic E-state index is 11.4. The van der Waals surface area contributed by atoms with Gasteiger partial charge in [-0.1, -0.05) is 18.2 Å². The van der Waals surface area contributed by atoms with Crippen LogP contribution in [0.25, 0.3) is 10.9 Å². The third kappa shape index (κ3) is 3.05. The van der Waals surface area contributed by atoms with E-state index in [0.717, 1.165) is 16.5 Å². The molecule has 1 aromatic heterocycles. The summed E-state index contributed by atoms with van der Waals surface area (Å²) in [5.41, 5.74) is 1.82. The monoisotopic (exact) mass is 264 g/mol. The average molecular weight is 264 g/mol. The zero-order valence-electron chi connectivity index (χ0n) is 10.4. The number of hydrogen-bond donors (Lipinski definition) is 1. The van der Waals surface area contributed by atoms with E-state index >= 15 is 0 Å². The van der Waals surface area contributed by atoms with Crippen molar-refractivity contribution in [3.8, 4) is 0 Å². The molecule has 18 heavy (non-hydrogen) atoms. The fraction of sp³-hybridized carbons (Fsp3) is 0.308. The van der Waals surface area contributed by atoms with Crippen LogP contribution in [-0.2, 0) is 9.84 Å². The molecule has 0 bridgehead atoms. The van der Waals surface area contributed by atoms with E-state index in [1.165, 1.54) is 6.26 Å². The first-order chi connectivity index (χ1) is 8.49. The Morgan fingerprint density at radius 3 is 2.78 bits per heavy atom. The predicted octanol–water partition coefficient (Wildman–Crippen LogP) is 1.54. The van der Waals surface area contributed by atoms with Crippen molar-refractivity contribution in [2.24, 2.45) is 0 Å². The van der Waals surface area contributed by atoms with Crippen LogP contribution in [0, 0.1) is 0 Å². The zero-order chi connectivity index (χ0) is 13.2. The Morgan fingerprint density at radius 2 is 2.11 bits per heavy atom. The summed E-state index contributed by atoms with van der Waals surface area (Å²) in [5, 5.41) is 4.08. The lowest BCUT2D eigenvalue weighted by molar-refractivity contribution is 0.579. The predicted molar refractivity (Wildman–Crippen MR) is 73.3 cm³/mol. The number of sulfone groups is 1. The molecule has 4 nitrogen and oxygen atoms in total. The minimum absolute atomic E-state index is 0.0852. The van der Waals surface area contributed by atoms with Gasteiger partial charge < -0.3 is 5.32 Å². The van der Waals surface area contributed by atoms with Gasteiger partial charge in [0, 0.05) is 23.9 Å². The standard InChI is InChI=1S/C13H16N2O2S/c1-14-13(9-18(2,16)17)11-6-5-10-4-3-7-15-12(10)8-11/h3-8,13-14H,9H2,1-2H3. The molecule has 1 unspecified atom stereocenters. The van der Waals surface area contributed by atoms with Crippen LogP contribution < -0.4 is 5.32 Å². The Morgan fingerprint density at radius 1 is 1.33 bits per heavy atom. The van der Waals surface area contributed by atoms with Crippen molar-refractivity contribution in [1.29, 1.82) is 0 Å². The topological polar surface area (TPSA) is 59.1 Å². The van der Waals surface area contributed by atoms with Crippen LogP contribution in [0.5, 0.6) is 0 Å². The van der Waals surface area contributed by atoms with Crippen LogP contribution in [0.15, 0.2) is 36.5 Å². The van der Waals surface area contributed by atoms with E-state index in [-0.39, 0.29) is 11.8 Å². The quantitative estimate of drug-likeness (QED) is 0.910. The van der Waals surface area contributed by atoms with Crippen molar-refractivity contribution in [3.63, 3.8) is 0 Å². The second kappa shape index (κ2) is 5.04. The van der Waals surface area contributed by atoms with Crippen molar-refractivity contribution in [2.45, 2.75) is 6.04 Å². The SMILES string of the molecule is CNC(CS(C)(=O)=O)c1ccc2cccnc2c1. The molecule has 0 amide bonds. The summed E-state index contributed by atoms with van der Waals surface area (Å²) in [6, 6.07) is 9.50. The second-order valence-electron chi connectivity index (χ2n) is 4.39. The molecule has 0 radical (unpaired) electrons. The molecule has 0 aliphatic carbocycles. The van der Waals surface area contributed by atoms with Gasteiger partial charge in [0.1, 0.15) is 9.84 Å². The minimum atomic E-state index is -3.02. The van der Waals surface area contributed by atoms with Gasteiger partial charge in [0.05, 0.1) is 11.3 Å². The van der Waals surface area contributed by atoms with Crippen LogP contribution >= 0.6 is 0 Å². The normalized spacial score (nSPS) is 13.7. The number of hydrogen-bond acceptors (Lipinski definition) is 4. The molecule has 0 aliphatic rings. The van der Waals surface area contributed by atoms with Gasteiger partial charge in [-0.3, -0.25) is 4.98 Å². The molecular formula is C13H16N2O2S. The number of aromatic nitrogens is 1. The molecule has 0 spiro atoms. The molecule has 96 valence electrons. The lowest BCUT2D eigenvalue weighted by Crippen LogP contribution is -2.24. The third-order valence-electron chi connectivity index (χ3n) is 2.85. The number of nitrogens with zero attached hydrogens (tertiary/aromatic N) is 1. The summed E-state index contributed by atoms with van der Waals surface area (Å²) in [7, 11) is -1.26. The Bertz CT molecular complexity index is 653. The van der Waals surface area contributed by atoms with Gasteiger partial charge in [0.2, 0.25) is 0 Å². The van der Waals surface area contributed by atoms with Crippen molar-refractivity contribution in [1.82, 2.24) is 10.3 Å². The molecule has 0 saturated carbocycles. The first-order valence-corrected chi connectivity index (χ1v) is 7.75. The Kier molecular flexibility index (Phi) is 3.63.